The van der Waals surface area contributed by atoms with Crippen LogP contribution in [-0.4, -0.2) is 35.8 Å². The lowest BCUT2D eigenvalue weighted by atomic mass is 10.0. The first-order valence-corrected chi connectivity index (χ1v) is 7.70. The first-order valence-electron chi connectivity index (χ1n) is 7.70. The molecule has 4 heteroatoms. The third kappa shape index (κ3) is 3.63. The van der Waals surface area contributed by atoms with Gasteiger partial charge in [-0.1, -0.05) is 26.0 Å². The Labute approximate surface area is 126 Å². The Kier molecular flexibility index (Phi) is 4.99. The molecule has 1 N–H and O–H groups in total. The SMILES string of the molecule is CC(C)[C@H](C)NC(=O)c1ccccc1C(=O)N1CCCC1. The van der Waals surface area contributed by atoms with Crippen LogP contribution >= 0.6 is 0 Å². The molecule has 2 amide bonds. The Morgan fingerprint density at radius 3 is 2.19 bits per heavy atom. The molecule has 114 valence electrons. The van der Waals surface area contributed by atoms with Gasteiger partial charge in [-0.05, 0) is 37.8 Å². The minimum atomic E-state index is -0.167. The zero-order chi connectivity index (χ0) is 15.4. The molecule has 0 aromatic heterocycles. The predicted molar refractivity (Wildman–Crippen MR) is 83.3 cm³/mol. The van der Waals surface area contributed by atoms with Crippen LogP contribution in [0.25, 0.3) is 0 Å². The van der Waals surface area contributed by atoms with E-state index in [2.05, 4.69) is 19.2 Å². The standard InChI is InChI=1S/C17H24N2O2/c1-12(2)13(3)18-16(20)14-8-4-5-9-15(14)17(21)19-10-6-7-11-19/h4-5,8-9,12-13H,6-7,10-11H2,1-3H3,(H,18,20)/t13-/m0/s1. The molecule has 0 unspecified atom stereocenters. The monoisotopic (exact) mass is 288 g/mol. The molecular weight excluding hydrogens is 264 g/mol. The Bertz CT molecular complexity index is 519. The lowest BCUT2D eigenvalue weighted by molar-refractivity contribution is 0.0783. The third-order valence-electron chi connectivity index (χ3n) is 4.15. The van der Waals surface area contributed by atoms with Crippen LogP contribution in [0.1, 0.15) is 54.3 Å². The van der Waals surface area contributed by atoms with Gasteiger partial charge in [-0.15, -0.1) is 0 Å². The molecule has 1 aromatic carbocycles. The highest BCUT2D eigenvalue weighted by atomic mass is 16.2. The molecule has 0 aliphatic carbocycles. The van der Waals surface area contributed by atoms with E-state index in [-0.39, 0.29) is 17.9 Å². The van der Waals surface area contributed by atoms with Crippen molar-refractivity contribution in [1.29, 1.82) is 0 Å². The molecular formula is C17H24N2O2. The van der Waals surface area contributed by atoms with Crippen molar-refractivity contribution < 1.29 is 9.59 Å². The van der Waals surface area contributed by atoms with E-state index in [0.29, 0.717) is 17.0 Å². The summed E-state index contributed by atoms with van der Waals surface area (Å²) in [5, 5.41) is 2.97. The largest absolute Gasteiger partial charge is 0.349 e. The average Bonchev–Trinajstić information content (AvgIpc) is 3.00. The fourth-order valence-electron chi connectivity index (χ4n) is 2.41. The molecule has 0 radical (unpaired) electrons. The number of benzene rings is 1. The Hall–Kier alpha value is -1.84. The normalized spacial score (nSPS) is 16.1. The smallest absolute Gasteiger partial charge is 0.254 e. The maximum Gasteiger partial charge on any atom is 0.254 e. The molecule has 1 aliphatic heterocycles. The summed E-state index contributed by atoms with van der Waals surface area (Å²) < 4.78 is 0. The van der Waals surface area contributed by atoms with Crippen molar-refractivity contribution in [3.63, 3.8) is 0 Å². The van der Waals surface area contributed by atoms with E-state index in [4.69, 9.17) is 0 Å². The summed E-state index contributed by atoms with van der Waals surface area (Å²) in [6.45, 7) is 7.68. The molecule has 0 saturated carbocycles. The van der Waals surface area contributed by atoms with Crippen molar-refractivity contribution in [1.82, 2.24) is 10.2 Å². The van der Waals surface area contributed by atoms with Gasteiger partial charge in [0.1, 0.15) is 0 Å². The predicted octanol–water partition coefficient (Wildman–Crippen LogP) is 2.70. The van der Waals surface area contributed by atoms with Gasteiger partial charge in [0.2, 0.25) is 0 Å². The Morgan fingerprint density at radius 2 is 1.62 bits per heavy atom. The van der Waals surface area contributed by atoms with Crippen LogP contribution in [0.5, 0.6) is 0 Å². The topological polar surface area (TPSA) is 49.4 Å². The lowest BCUT2D eigenvalue weighted by Crippen LogP contribution is -2.37. The maximum absolute atomic E-state index is 12.5. The number of amides is 2. The summed E-state index contributed by atoms with van der Waals surface area (Å²) in [5.74, 6) is 0.158. The molecule has 1 heterocycles. The molecule has 1 atom stereocenters. The highest BCUT2D eigenvalue weighted by Crippen LogP contribution is 2.17. The number of hydrogen-bond acceptors (Lipinski definition) is 2. The van der Waals surface area contributed by atoms with E-state index < -0.39 is 0 Å². The van der Waals surface area contributed by atoms with Crippen molar-refractivity contribution in [2.45, 2.75) is 39.7 Å². The van der Waals surface area contributed by atoms with Crippen molar-refractivity contribution in [3.8, 4) is 0 Å². The van der Waals surface area contributed by atoms with E-state index in [1.807, 2.05) is 17.9 Å². The molecule has 4 nitrogen and oxygen atoms in total. The van der Waals surface area contributed by atoms with E-state index in [1.54, 1.807) is 18.2 Å². The summed E-state index contributed by atoms with van der Waals surface area (Å²) in [6.07, 6.45) is 2.09. The Morgan fingerprint density at radius 1 is 1.05 bits per heavy atom. The van der Waals surface area contributed by atoms with Crippen molar-refractivity contribution in [3.05, 3.63) is 35.4 Å². The number of nitrogens with zero attached hydrogens (tertiary/aromatic N) is 1. The number of likely N-dealkylation sites (tertiary alicyclic amines) is 1. The van der Waals surface area contributed by atoms with Crippen LogP contribution in [0.4, 0.5) is 0 Å². The second-order valence-electron chi connectivity index (χ2n) is 6.05. The van der Waals surface area contributed by atoms with Gasteiger partial charge in [0.25, 0.3) is 11.8 Å². The second-order valence-corrected chi connectivity index (χ2v) is 6.05. The van der Waals surface area contributed by atoms with Crippen molar-refractivity contribution >= 4 is 11.8 Å². The van der Waals surface area contributed by atoms with Crippen molar-refractivity contribution in [2.75, 3.05) is 13.1 Å². The van der Waals surface area contributed by atoms with E-state index in [0.717, 1.165) is 25.9 Å². The average molecular weight is 288 g/mol. The molecule has 2 rings (SSSR count). The fourth-order valence-corrected chi connectivity index (χ4v) is 2.41. The summed E-state index contributed by atoms with van der Waals surface area (Å²) in [5.41, 5.74) is 0.981. The third-order valence-corrected chi connectivity index (χ3v) is 4.15. The van der Waals surface area contributed by atoms with E-state index in [9.17, 15) is 9.59 Å². The number of carbonyl (C=O) groups excluding carboxylic acids is 2. The molecule has 0 bridgehead atoms. The molecule has 0 spiro atoms. The number of rotatable bonds is 4. The minimum absolute atomic E-state index is 0.0320. The lowest BCUT2D eigenvalue weighted by Gasteiger charge is -2.20. The van der Waals surface area contributed by atoms with Crippen LogP contribution in [0.3, 0.4) is 0 Å². The molecule has 1 aliphatic rings. The number of hydrogen-bond donors (Lipinski definition) is 1. The second kappa shape index (κ2) is 6.74. The number of nitrogens with one attached hydrogen (secondary N) is 1. The molecule has 1 fully saturated rings. The summed E-state index contributed by atoms with van der Waals surface area (Å²) in [7, 11) is 0. The molecule has 1 saturated heterocycles. The van der Waals surface area contributed by atoms with Crippen molar-refractivity contribution in [2.24, 2.45) is 5.92 Å². The van der Waals surface area contributed by atoms with Gasteiger partial charge in [-0.25, -0.2) is 0 Å². The van der Waals surface area contributed by atoms with Crippen LogP contribution in [-0.2, 0) is 0 Å². The van der Waals surface area contributed by atoms with Gasteiger partial charge in [0.05, 0.1) is 11.1 Å². The first kappa shape index (κ1) is 15.5. The summed E-state index contributed by atoms with van der Waals surface area (Å²) >= 11 is 0. The van der Waals surface area contributed by atoms with Gasteiger partial charge in [-0.3, -0.25) is 9.59 Å². The quantitative estimate of drug-likeness (QED) is 0.926. The van der Waals surface area contributed by atoms with Crippen LogP contribution < -0.4 is 5.32 Å². The highest BCUT2D eigenvalue weighted by Gasteiger charge is 2.24. The Balaban J connectivity index is 2.20. The van der Waals surface area contributed by atoms with Crippen LogP contribution in [0.15, 0.2) is 24.3 Å². The zero-order valence-electron chi connectivity index (χ0n) is 13.1. The highest BCUT2D eigenvalue weighted by molar-refractivity contribution is 6.07. The zero-order valence-corrected chi connectivity index (χ0v) is 13.1. The van der Waals surface area contributed by atoms with E-state index in [1.165, 1.54) is 0 Å². The molecule has 1 aromatic rings. The maximum atomic E-state index is 12.5. The minimum Gasteiger partial charge on any atom is -0.349 e. The van der Waals surface area contributed by atoms with Gasteiger partial charge in [0.15, 0.2) is 0 Å². The summed E-state index contributed by atoms with van der Waals surface area (Å²) in [4.78, 5) is 26.8. The molecule has 21 heavy (non-hydrogen) atoms. The summed E-state index contributed by atoms with van der Waals surface area (Å²) in [6, 6.07) is 7.16. The van der Waals surface area contributed by atoms with Gasteiger partial charge in [0, 0.05) is 19.1 Å². The van der Waals surface area contributed by atoms with Crippen LogP contribution in [0.2, 0.25) is 0 Å². The van der Waals surface area contributed by atoms with Gasteiger partial charge in [-0.2, -0.15) is 0 Å². The van der Waals surface area contributed by atoms with E-state index >= 15 is 0 Å². The van der Waals surface area contributed by atoms with Crippen LogP contribution in [0, 0.1) is 5.92 Å². The number of carbonyl (C=O) groups is 2. The van der Waals surface area contributed by atoms with Gasteiger partial charge >= 0.3 is 0 Å². The first-order chi connectivity index (χ1) is 10.0. The van der Waals surface area contributed by atoms with Gasteiger partial charge < -0.3 is 10.2 Å². The fraction of sp³-hybridized carbons (Fsp3) is 0.529.